The highest BCUT2D eigenvalue weighted by molar-refractivity contribution is 5.85. The quantitative estimate of drug-likeness (QED) is 0.548. The van der Waals surface area contributed by atoms with Gasteiger partial charge < -0.3 is 14.8 Å². The molecule has 0 spiro atoms. The molecule has 1 aliphatic heterocycles. The monoisotopic (exact) mass is 473 g/mol. The van der Waals surface area contributed by atoms with Gasteiger partial charge in [0.1, 0.15) is 5.82 Å². The number of rotatable bonds is 4. The molecule has 1 N–H and O–H groups in total. The Kier molecular flexibility index (Phi) is 7.96. The lowest BCUT2D eigenvalue weighted by molar-refractivity contribution is -0.200. The van der Waals surface area contributed by atoms with Gasteiger partial charge in [-0.05, 0) is 48.4 Å². The van der Waals surface area contributed by atoms with Gasteiger partial charge in [-0.25, -0.2) is 4.39 Å². The van der Waals surface area contributed by atoms with Gasteiger partial charge in [-0.3, -0.25) is 0 Å². The van der Waals surface area contributed by atoms with Crippen molar-refractivity contribution in [1.82, 2.24) is 5.32 Å². The van der Waals surface area contributed by atoms with Gasteiger partial charge in [-0.1, -0.05) is 12.1 Å². The van der Waals surface area contributed by atoms with Crippen LogP contribution in [0.25, 0.3) is 0 Å². The molecule has 1 fully saturated rings. The second-order valence-electron chi connectivity index (χ2n) is 6.84. The Morgan fingerprint density at radius 2 is 1.52 bits per heavy atom. The van der Waals surface area contributed by atoms with Crippen LogP contribution in [0.2, 0.25) is 0 Å². The summed E-state index contributed by atoms with van der Waals surface area (Å²) in [6.07, 6.45) is -12.0. The van der Waals surface area contributed by atoms with Crippen LogP contribution < -0.4 is 5.32 Å². The van der Waals surface area contributed by atoms with Crippen molar-refractivity contribution >= 4 is 12.4 Å². The second kappa shape index (κ2) is 9.72. The number of halogens is 8. The number of nitrogens with one attached hydrogen (secondary N) is 1. The number of hydrogen-bond donors (Lipinski definition) is 1. The van der Waals surface area contributed by atoms with Crippen molar-refractivity contribution in [3.63, 3.8) is 0 Å². The largest absolute Gasteiger partial charge is 0.416 e. The number of hydrogen-bond acceptors (Lipinski definition) is 3. The summed E-state index contributed by atoms with van der Waals surface area (Å²) in [5.41, 5.74) is -2.52. The second-order valence-corrected chi connectivity index (χ2v) is 6.84. The maximum absolute atomic E-state index is 13.2. The van der Waals surface area contributed by atoms with E-state index in [9.17, 15) is 30.7 Å². The molecule has 0 bridgehead atoms. The Labute approximate surface area is 179 Å². The van der Waals surface area contributed by atoms with Crippen molar-refractivity contribution in [3.8, 4) is 0 Å². The Morgan fingerprint density at radius 3 is 2.03 bits per heavy atom. The van der Waals surface area contributed by atoms with Crippen LogP contribution in [0.15, 0.2) is 42.5 Å². The smallest absolute Gasteiger partial charge is 0.349 e. The summed E-state index contributed by atoms with van der Waals surface area (Å²) in [6, 6.07) is 6.20. The van der Waals surface area contributed by atoms with E-state index < -0.39 is 47.7 Å². The van der Waals surface area contributed by atoms with Gasteiger partial charge in [0, 0.05) is 6.54 Å². The van der Waals surface area contributed by atoms with Crippen molar-refractivity contribution < 1.29 is 40.2 Å². The topological polar surface area (TPSA) is 30.5 Å². The molecular formula is C20H19ClF7NO2. The zero-order valence-electron chi connectivity index (χ0n) is 16.1. The molecule has 2 aromatic carbocycles. The minimum Gasteiger partial charge on any atom is -0.349 e. The van der Waals surface area contributed by atoms with Crippen molar-refractivity contribution in [2.24, 2.45) is 0 Å². The van der Waals surface area contributed by atoms with Crippen LogP contribution in [-0.2, 0) is 21.8 Å². The first kappa shape index (κ1) is 25.4. The van der Waals surface area contributed by atoms with E-state index in [1.54, 1.807) is 0 Å². The molecule has 0 aromatic heterocycles. The van der Waals surface area contributed by atoms with Gasteiger partial charge in [0.25, 0.3) is 0 Å². The fraction of sp³-hybridized carbons (Fsp3) is 0.400. The predicted molar refractivity (Wildman–Crippen MR) is 100 cm³/mol. The summed E-state index contributed by atoms with van der Waals surface area (Å²) in [5.74, 6) is -0.454. The maximum Gasteiger partial charge on any atom is 0.416 e. The number of ether oxygens (including phenoxy) is 2. The molecule has 0 aliphatic carbocycles. The van der Waals surface area contributed by atoms with Gasteiger partial charge in [0.2, 0.25) is 0 Å². The van der Waals surface area contributed by atoms with Crippen molar-refractivity contribution in [1.29, 1.82) is 0 Å². The molecule has 0 amide bonds. The van der Waals surface area contributed by atoms with Crippen molar-refractivity contribution in [2.75, 3.05) is 13.2 Å². The maximum atomic E-state index is 13.2. The summed E-state index contributed by atoms with van der Waals surface area (Å²) < 4.78 is 103. The minimum atomic E-state index is -4.95. The zero-order valence-corrected chi connectivity index (χ0v) is 16.9. The molecule has 1 aliphatic rings. The fourth-order valence-corrected chi connectivity index (χ4v) is 3.14. The number of alkyl halides is 6. The molecule has 1 saturated heterocycles. The molecule has 0 radical (unpaired) electrons. The zero-order chi connectivity index (χ0) is 22.1. The lowest BCUT2D eigenvalue weighted by Gasteiger charge is -2.34. The van der Waals surface area contributed by atoms with Crippen LogP contribution in [0, 0.1) is 5.82 Å². The van der Waals surface area contributed by atoms with Crippen LogP contribution in [0.5, 0.6) is 0 Å². The fourth-order valence-electron chi connectivity index (χ4n) is 3.14. The molecule has 3 rings (SSSR count). The van der Waals surface area contributed by atoms with E-state index in [-0.39, 0.29) is 30.6 Å². The molecule has 31 heavy (non-hydrogen) atoms. The van der Waals surface area contributed by atoms with Gasteiger partial charge in [-0.2, -0.15) is 26.3 Å². The molecule has 3 atom stereocenters. The van der Waals surface area contributed by atoms with Crippen molar-refractivity contribution in [3.05, 3.63) is 70.5 Å². The Bertz CT molecular complexity index is 839. The summed E-state index contributed by atoms with van der Waals surface area (Å²) in [6.45, 7) is 2.01. The van der Waals surface area contributed by atoms with E-state index in [0.29, 0.717) is 24.2 Å². The third-order valence-corrected chi connectivity index (χ3v) is 4.67. The Hall–Kier alpha value is -1.88. The summed E-state index contributed by atoms with van der Waals surface area (Å²) >= 11 is 0. The average molecular weight is 474 g/mol. The molecule has 2 aromatic rings. The van der Waals surface area contributed by atoms with E-state index in [2.05, 4.69) is 5.32 Å². The normalized spacial score (nSPS) is 20.8. The van der Waals surface area contributed by atoms with Crippen LogP contribution in [0.1, 0.15) is 41.3 Å². The van der Waals surface area contributed by atoms with Gasteiger partial charge in [-0.15, -0.1) is 12.4 Å². The van der Waals surface area contributed by atoms with E-state index in [1.165, 1.54) is 31.2 Å². The number of morpholine rings is 1. The van der Waals surface area contributed by atoms with Crippen LogP contribution in [0.3, 0.4) is 0 Å². The highest BCUT2D eigenvalue weighted by Crippen LogP contribution is 2.38. The molecule has 3 nitrogen and oxygen atoms in total. The van der Waals surface area contributed by atoms with Gasteiger partial charge in [0.05, 0.1) is 29.9 Å². The van der Waals surface area contributed by atoms with Crippen LogP contribution >= 0.6 is 12.4 Å². The highest BCUT2D eigenvalue weighted by Gasteiger charge is 2.38. The van der Waals surface area contributed by atoms with E-state index >= 15 is 0 Å². The first-order chi connectivity index (χ1) is 13.9. The third kappa shape index (κ3) is 6.31. The Morgan fingerprint density at radius 1 is 0.968 bits per heavy atom. The van der Waals surface area contributed by atoms with Gasteiger partial charge >= 0.3 is 12.4 Å². The first-order valence-corrected chi connectivity index (χ1v) is 9.00. The van der Waals surface area contributed by atoms with Gasteiger partial charge in [0.15, 0.2) is 6.29 Å². The summed E-state index contributed by atoms with van der Waals surface area (Å²) in [7, 11) is 0. The van der Waals surface area contributed by atoms with E-state index in [4.69, 9.17) is 9.47 Å². The highest BCUT2D eigenvalue weighted by atomic mass is 35.5. The van der Waals surface area contributed by atoms with Crippen molar-refractivity contribution in [2.45, 2.75) is 37.7 Å². The number of benzene rings is 2. The summed E-state index contributed by atoms with van der Waals surface area (Å²) in [5, 5.41) is 3.10. The minimum absolute atomic E-state index is 0. The predicted octanol–water partition coefficient (Wildman–Crippen LogP) is 6.05. The van der Waals surface area contributed by atoms with Crippen LogP contribution in [0.4, 0.5) is 30.7 Å². The lowest BCUT2D eigenvalue weighted by Crippen LogP contribution is -2.43. The molecule has 172 valence electrons. The standard InChI is InChI=1S/C20H18F7NO2.ClH/c1-11(13-8-14(19(22,23)24)10-15(9-13)20(25,26)27)30-18-17(28-6-7-29-18)12-2-4-16(21)5-3-12;/h2-5,8-11,17-18,28H,6-7H2,1H3;1H/t11?,17-,18-;/m1./s1. The lowest BCUT2D eigenvalue weighted by atomic mass is 10.0. The van der Waals surface area contributed by atoms with Crippen LogP contribution in [-0.4, -0.2) is 19.4 Å². The molecule has 1 heterocycles. The molecule has 1 unspecified atom stereocenters. The molecular weight excluding hydrogens is 455 g/mol. The van der Waals surface area contributed by atoms with E-state index in [1.807, 2.05) is 0 Å². The summed E-state index contributed by atoms with van der Waals surface area (Å²) in [4.78, 5) is 0. The Balaban J connectivity index is 0.00000341. The molecule has 11 heteroatoms. The first-order valence-electron chi connectivity index (χ1n) is 9.00. The SMILES string of the molecule is CC(O[C@H]1OCCN[C@@H]1c1ccc(F)cc1)c1cc(C(F)(F)F)cc(C(F)(F)F)c1.Cl. The third-order valence-electron chi connectivity index (χ3n) is 4.67. The average Bonchev–Trinajstić information content (AvgIpc) is 2.67. The van der Waals surface area contributed by atoms with E-state index in [0.717, 1.165) is 0 Å². The molecule has 0 saturated carbocycles.